The molecule has 0 saturated carbocycles. The molecule has 0 unspecified atom stereocenters. The number of oxazole rings is 1. The van der Waals surface area contributed by atoms with Crippen LogP contribution in [0.15, 0.2) is 35.2 Å². The number of anilines is 1. The summed E-state index contributed by atoms with van der Waals surface area (Å²) in [5, 5.41) is 0. The van der Waals surface area contributed by atoms with Crippen LogP contribution >= 0.6 is 11.6 Å². The van der Waals surface area contributed by atoms with Crippen molar-refractivity contribution in [3.8, 4) is 0 Å². The molecule has 0 radical (unpaired) electrons. The Balaban J connectivity index is 2.05. The van der Waals surface area contributed by atoms with Gasteiger partial charge in [-0.1, -0.05) is 0 Å². The highest BCUT2D eigenvalue weighted by Crippen LogP contribution is 2.15. The summed E-state index contributed by atoms with van der Waals surface area (Å²) in [4.78, 5) is 10.1. The molecule has 0 bridgehead atoms. The highest BCUT2D eigenvalue weighted by molar-refractivity contribution is 6.16. The lowest BCUT2D eigenvalue weighted by atomic mass is 10.2. The van der Waals surface area contributed by atoms with Crippen LogP contribution in [-0.4, -0.2) is 17.0 Å². The van der Waals surface area contributed by atoms with E-state index in [4.69, 9.17) is 16.0 Å². The highest BCUT2D eigenvalue weighted by Gasteiger charge is 2.08. The Hall–Kier alpha value is -1.55. The molecule has 0 atom stereocenters. The van der Waals surface area contributed by atoms with E-state index in [1.165, 1.54) is 0 Å². The predicted octanol–water partition coefficient (Wildman–Crippen LogP) is 2.44. The molecule has 0 aliphatic rings. The van der Waals surface area contributed by atoms with Crippen LogP contribution in [0.3, 0.4) is 0 Å². The Morgan fingerprint density at radius 2 is 2.12 bits per heavy atom. The molecular weight excluding hydrogens is 226 g/mol. The smallest absolute Gasteiger partial charge is 0.297 e. The third-order valence-corrected chi connectivity index (χ3v) is 2.45. The van der Waals surface area contributed by atoms with Crippen LogP contribution in [0, 0.1) is 0 Å². The van der Waals surface area contributed by atoms with E-state index in [9.17, 15) is 0 Å². The maximum Gasteiger partial charge on any atom is 0.297 e. The minimum atomic E-state index is 0.368. The maximum atomic E-state index is 5.66. The number of aromatic nitrogens is 2. The molecule has 0 saturated heterocycles. The topological polar surface area (TPSA) is 42.2 Å². The Labute approximate surface area is 98.9 Å². The molecular formula is C11H12ClN3O. The first-order chi connectivity index (χ1) is 7.79. The zero-order valence-corrected chi connectivity index (χ0v) is 9.68. The zero-order valence-electron chi connectivity index (χ0n) is 8.93. The summed E-state index contributed by atoms with van der Waals surface area (Å²) in [6.07, 6.45) is 5.11. The fraction of sp³-hybridized carbons (Fsp3) is 0.273. The first-order valence-corrected chi connectivity index (χ1v) is 5.43. The number of hydrogen-bond acceptors (Lipinski definition) is 4. The second kappa shape index (κ2) is 4.99. The summed E-state index contributed by atoms with van der Waals surface area (Å²) < 4.78 is 5.30. The number of nitrogens with zero attached hydrogens (tertiary/aromatic N) is 3. The summed E-state index contributed by atoms with van der Waals surface area (Å²) in [6.45, 7) is 0.727. The molecule has 2 rings (SSSR count). The SMILES string of the molecule is CN(Cc1ccncc1)c1nc(CCl)co1. The van der Waals surface area contributed by atoms with E-state index < -0.39 is 0 Å². The number of rotatable bonds is 4. The number of halogens is 1. The van der Waals surface area contributed by atoms with Crippen molar-refractivity contribution >= 4 is 17.6 Å². The maximum absolute atomic E-state index is 5.66. The Morgan fingerprint density at radius 3 is 2.75 bits per heavy atom. The van der Waals surface area contributed by atoms with E-state index in [1.807, 2.05) is 24.1 Å². The first-order valence-electron chi connectivity index (χ1n) is 4.90. The van der Waals surface area contributed by atoms with Gasteiger partial charge in [-0.05, 0) is 17.7 Å². The Bertz CT molecular complexity index is 444. The Kier molecular flexibility index (Phi) is 3.41. The fourth-order valence-electron chi connectivity index (χ4n) is 1.36. The molecule has 0 N–H and O–H groups in total. The monoisotopic (exact) mass is 237 g/mol. The van der Waals surface area contributed by atoms with Gasteiger partial charge < -0.3 is 9.32 Å². The molecule has 0 aliphatic carbocycles. The van der Waals surface area contributed by atoms with Crippen LogP contribution in [0.1, 0.15) is 11.3 Å². The second-order valence-electron chi connectivity index (χ2n) is 3.47. The lowest BCUT2D eigenvalue weighted by Crippen LogP contribution is -2.16. The van der Waals surface area contributed by atoms with Crippen molar-refractivity contribution in [3.63, 3.8) is 0 Å². The van der Waals surface area contributed by atoms with E-state index >= 15 is 0 Å². The predicted molar refractivity (Wildman–Crippen MR) is 62.4 cm³/mol. The van der Waals surface area contributed by atoms with E-state index in [2.05, 4.69) is 9.97 Å². The van der Waals surface area contributed by atoms with Crippen molar-refractivity contribution < 1.29 is 4.42 Å². The summed E-state index contributed by atoms with van der Waals surface area (Å²) >= 11 is 5.66. The number of pyridine rings is 1. The van der Waals surface area contributed by atoms with Crippen LogP contribution in [0.25, 0.3) is 0 Å². The minimum absolute atomic E-state index is 0.368. The molecule has 2 aromatic heterocycles. The van der Waals surface area contributed by atoms with Gasteiger partial charge in [-0.3, -0.25) is 4.98 Å². The molecule has 0 fully saturated rings. The van der Waals surface area contributed by atoms with Crippen LogP contribution in [0.2, 0.25) is 0 Å². The molecule has 0 amide bonds. The lowest BCUT2D eigenvalue weighted by molar-refractivity contribution is 0.544. The van der Waals surface area contributed by atoms with Gasteiger partial charge in [-0.15, -0.1) is 11.6 Å². The average molecular weight is 238 g/mol. The van der Waals surface area contributed by atoms with Crippen molar-refractivity contribution in [3.05, 3.63) is 42.0 Å². The fourth-order valence-corrected chi connectivity index (χ4v) is 1.49. The third kappa shape index (κ3) is 2.52. The standard InChI is InChI=1S/C11H12ClN3O/c1-15(7-9-2-4-13-5-3-9)11-14-10(6-12)8-16-11/h2-5,8H,6-7H2,1H3. The van der Waals surface area contributed by atoms with Gasteiger partial charge in [-0.2, -0.15) is 4.98 Å². The summed E-state index contributed by atoms with van der Waals surface area (Å²) in [5.74, 6) is 0.368. The highest BCUT2D eigenvalue weighted by atomic mass is 35.5. The van der Waals surface area contributed by atoms with Gasteiger partial charge in [0.2, 0.25) is 0 Å². The second-order valence-corrected chi connectivity index (χ2v) is 3.73. The summed E-state index contributed by atoms with van der Waals surface area (Å²) in [5.41, 5.74) is 1.90. The van der Waals surface area contributed by atoms with E-state index in [0.717, 1.165) is 17.8 Å². The first kappa shape index (κ1) is 11.0. The molecule has 0 aliphatic heterocycles. The molecule has 16 heavy (non-hydrogen) atoms. The quantitative estimate of drug-likeness (QED) is 0.766. The molecule has 5 heteroatoms. The molecule has 0 spiro atoms. The minimum Gasteiger partial charge on any atom is -0.432 e. The normalized spacial score (nSPS) is 10.4. The van der Waals surface area contributed by atoms with Gasteiger partial charge >= 0.3 is 0 Å². The van der Waals surface area contributed by atoms with Crippen LogP contribution in [0.4, 0.5) is 6.01 Å². The van der Waals surface area contributed by atoms with Crippen LogP contribution in [0.5, 0.6) is 0 Å². The van der Waals surface area contributed by atoms with Gasteiger partial charge in [-0.25, -0.2) is 0 Å². The van der Waals surface area contributed by atoms with Gasteiger partial charge in [0.1, 0.15) is 6.26 Å². The number of alkyl halides is 1. The van der Waals surface area contributed by atoms with Crippen molar-refractivity contribution in [2.24, 2.45) is 0 Å². The third-order valence-electron chi connectivity index (χ3n) is 2.17. The van der Waals surface area contributed by atoms with Crippen LogP contribution in [-0.2, 0) is 12.4 Å². The lowest BCUT2D eigenvalue weighted by Gasteiger charge is -2.13. The Morgan fingerprint density at radius 1 is 1.38 bits per heavy atom. The van der Waals surface area contributed by atoms with Crippen molar-refractivity contribution in [1.29, 1.82) is 0 Å². The van der Waals surface area contributed by atoms with Gasteiger partial charge in [0.15, 0.2) is 0 Å². The zero-order chi connectivity index (χ0) is 11.4. The number of hydrogen-bond donors (Lipinski definition) is 0. The van der Waals surface area contributed by atoms with Gasteiger partial charge in [0.25, 0.3) is 6.01 Å². The molecule has 84 valence electrons. The summed E-state index contributed by atoms with van der Waals surface area (Å²) in [6, 6.07) is 4.50. The van der Waals surface area contributed by atoms with Crippen LogP contribution < -0.4 is 4.90 Å². The van der Waals surface area contributed by atoms with Gasteiger partial charge in [0.05, 0.1) is 11.6 Å². The summed E-state index contributed by atoms with van der Waals surface area (Å²) in [7, 11) is 1.92. The molecule has 4 nitrogen and oxygen atoms in total. The van der Waals surface area contributed by atoms with Crippen molar-refractivity contribution in [2.75, 3.05) is 11.9 Å². The van der Waals surface area contributed by atoms with Crippen molar-refractivity contribution in [1.82, 2.24) is 9.97 Å². The molecule has 2 aromatic rings. The van der Waals surface area contributed by atoms with Crippen molar-refractivity contribution in [2.45, 2.75) is 12.4 Å². The van der Waals surface area contributed by atoms with Gasteiger partial charge in [0, 0.05) is 26.0 Å². The van der Waals surface area contributed by atoms with E-state index in [1.54, 1.807) is 18.7 Å². The largest absolute Gasteiger partial charge is 0.432 e. The van der Waals surface area contributed by atoms with E-state index in [-0.39, 0.29) is 0 Å². The molecule has 0 aromatic carbocycles. The average Bonchev–Trinajstić information content (AvgIpc) is 2.79. The van der Waals surface area contributed by atoms with E-state index in [0.29, 0.717) is 11.9 Å². The molecule has 2 heterocycles.